The number of ether oxygens (including phenoxy) is 1. The fourth-order valence-corrected chi connectivity index (χ4v) is 5.58. The number of halogens is 3. The number of fused-ring (bicyclic) bond motifs is 1. The molecule has 0 aliphatic rings. The Balaban J connectivity index is 1.38. The third kappa shape index (κ3) is 5.66. The van der Waals surface area contributed by atoms with Crippen LogP contribution in [0.3, 0.4) is 0 Å². The van der Waals surface area contributed by atoms with Gasteiger partial charge in [-0.15, -0.1) is 0 Å². The maximum atomic E-state index is 13.8. The number of benzene rings is 3. The predicted octanol–water partition coefficient (Wildman–Crippen LogP) is 4.81. The normalized spacial score (nSPS) is 11.3. The molecule has 0 saturated heterocycles. The average molecular weight is 636 g/mol. The molecule has 6 rings (SSSR count). The van der Waals surface area contributed by atoms with Gasteiger partial charge in [-0.1, -0.05) is 23.2 Å². The van der Waals surface area contributed by atoms with Crippen LogP contribution in [0.5, 0.6) is 5.75 Å². The Kier molecular flexibility index (Phi) is 7.89. The summed E-state index contributed by atoms with van der Waals surface area (Å²) in [5, 5.41) is 13.6. The highest BCUT2D eigenvalue weighted by atomic mass is 35.5. The van der Waals surface area contributed by atoms with Crippen LogP contribution in [0.25, 0.3) is 22.2 Å². The van der Waals surface area contributed by atoms with E-state index >= 15 is 0 Å². The van der Waals surface area contributed by atoms with Crippen molar-refractivity contribution in [2.24, 2.45) is 7.05 Å². The molecule has 0 saturated carbocycles. The minimum absolute atomic E-state index is 0.0378. The van der Waals surface area contributed by atoms with Crippen LogP contribution in [0.4, 0.5) is 10.1 Å². The van der Waals surface area contributed by atoms with E-state index in [2.05, 4.69) is 30.4 Å². The van der Waals surface area contributed by atoms with Gasteiger partial charge in [0.2, 0.25) is 5.91 Å². The third-order valence-electron chi connectivity index (χ3n) is 7.01. The van der Waals surface area contributed by atoms with E-state index in [1.165, 1.54) is 51.0 Å². The number of aromatic amines is 2. The molecule has 0 spiro atoms. The number of carbonyl (C=O) groups excluding carboxylic acids is 1. The Morgan fingerprint density at radius 1 is 1.00 bits per heavy atom. The first-order chi connectivity index (χ1) is 21.2. The monoisotopic (exact) mass is 635 g/mol. The summed E-state index contributed by atoms with van der Waals surface area (Å²) in [5.74, 6) is 0.357. The zero-order chi connectivity index (χ0) is 31.0. The van der Waals surface area contributed by atoms with E-state index in [0.29, 0.717) is 39.5 Å². The summed E-state index contributed by atoms with van der Waals surface area (Å²) in [6.07, 6.45) is 2.70. The fourth-order valence-electron chi connectivity index (χ4n) is 4.99. The molecule has 224 valence electrons. The Morgan fingerprint density at radius 2 is 1.66 bits per heavy atom. The standard InChI is InChI=1S/C29H24Cl2FN9O3/c1-16-7-20(17-9-21(30)28(22(31)10-17)44-13-25-34-15-36-38-25)27-23(8-16)41(29(43)39(27)2)12-26(42)40(11-24-33-14-35-37-24)19-5-3-18(32)4-6-19/h3-10,14-15H,11-13H2,1-2H3,(H,33,35,37)(H,34,36,38). The number of carbonyl (C=O) groups is 1. The number of rotatable bonds is 9. The molecule has 44 heavy (non-hydrogen) atoms. The molecule has 3 aromatic heterocycles. The summed E-state index contributed by atoms with van der Waals surface area (Å²) in [6.45, 7) is 1.72. The molecule has 6 aromatic rings. The summed E-state index contributed by atoms with van der Waals surface area (Å²) in [6, 6.07) is 12.7. The summed E-state index contributed by atoms with van der Waals surface area (Å²) < 4.78 is 22.3. The third-order valence-corrected chi connectivity index (χ3v) is 7.57. The maximum absolute atomic E-state index is 13.8. The highest BCUT2D eigenvalue weighted by molar-refractivity contribution is 6.37. The number of nitrogens with zero attached hydrogens (tertiary/aromatic N) is 7. The van der Waals surface area contributed by atoms with E-state index in [1.807, 2.05) is 19.1 Å². The number of anilines is 1. The summed E-state index contributed by atoms with van der Waals surface area (Å²) in [4.78, 5) is 37.0. The Labute approximate surface area is 259 Å². The van der Waals surface area contributed by atoms with Gasteiger partial charge >= 0.3 is 5.69 Å². The van der Waals surface area contributed by atoms with Crippen LogP contribution in [0.1, 0.15) is 17.2 Å². The summed E-state index contributed by atoms with van der Waals surface area (Å²) >= 11 is 13.2. The Hall–Kier alpha value is -5.01. The SMILES string of the molecule is Cc1cc(-c2cc(Cl)c(OCc3ncn[nH]3)c(Cl)c2)c2c(c1)n(CC(=O)N(Cc1ncn[nH]1)c1ccc(F)cc1)c(=O)n2C. The van der Waals surface area contributed by atoms with Gasteiger partial charge < -0.3 is 9.64 Å². The maximum Gasteiger partial charge on any atom is 0.329 e. The topological polar surface area (TPSA) is 140 Å². The van der Waals surface area contributed by atoms with Gasteiger partial charge in [0.15, 0.2) is 11.6 Å². The first kappa shape index (κ1) is 29.1. The molecule has 3 heterocycles. The van der Waals surface area contributed by atoms with E-state index in [1.54, 1.807) is 19.2 Å². The van der Waals surface area contributed by atoms with Crippen LogP contribution in [0.2, 0.25) is 10.0 Å². The molecule has 0 aliphatic carbocycles. The fraction of sp³-hybridized carbons (Fsp3) is 0.172. The van der Waals surface area contributed by atoms with Crippen molar-refractivity contribution in [1.29, 1.82) is 0 Å². The highest BCUT2D eigenvalue weighted by Gasteiger charge is 2.23. The molecule has 0 fully saturated rings. The Morgan fingerprint density at radius 3 is 2.30 bits per heavy atom. The van der Waals surface area contributed by atoms with E-state index in [0.717, 1.165) is 5.56 Å². The number of aromatic nitrogens is 8. The van der Waals surface area contributed by atoms with Crippen molar-refractivity contribution in [3.8, 4) is 16.9 Å². The van der Waals surface area contributed by atoms with Gasteiger partial charge in [0.25, 0.3) is 0 Å². The van der Waals surface area contributed by atoms with Crippen molar-refractivity contribution in [3.05, 3.63) is 105 Å². The molecular formula is C29H24Cl2FN9O3. The molecule has 15 heteroatoms. The van der Waals surface area contributed by atoms with Gasteiger partial charge in [-0.2, -0.15) is 10.2 Å². The van der Waals surface area contributed by atoms with Gasteiger partial charge in [-0.05, 0) is 66.6 Å². The largest absolute Gasteiger partial charge is 0.482 e. The minimum atomic E-state index is -0.441. The van der Waals surface area contributed by atoms with Gasteiger partial charge in [0.05, 0.1) is 27.6 Å². The highest BCUT2D eigenvalue weighted by Crippen LogP contribution is 2.40. The van der Waals surface area contributed by atoms with Gasteiger partial charge in [0, 0.05) is 18.3 Å². The molecule has 2 N–H and O–H groups in total. The second kappa shape index (κ2) is 11.9. The lowest BCUT2D eigenvalue weighted by Gasteiger charge is -2.22. The summed E-state index contributed by atoms with van der Waals surface area (Å²) in [7, 11) is 1.63. The molecule has 0 atom stereocenters. The lowest BCUT2D eigenvalue weighted by atomic mass is 10.0. The van der Waals surface area contributed by atoms with Crippen molar-refractivity contribution >= 4 is 45.8 Å². The smallest absolute Gasteiger partial charge is 0.329 e. The van der Waals surface area contributed by atoms with Crippen molar-refractivity contribution in [3.63, 3.8) is 0 Å². The van der Waals surface area contributed by atoms with Crippen LogP contribution in [0, 0.1) is 12.7 Å². The summed E-state index contributed by atoms with van der Waals surface area (Å²) in [5.41, 5.74) is 3.34. The molecule has 3 aromatic carbocycles. The van der Waals surface area contributed by atoms with Gasteiger partial charge in [0.1, 0.15) is 37.4 Å². The second-order valence-corrected chi connectivity index (χ2v) is 10.8. The lowest BCUT2D eigenvalue weighted by molar-refractivity contribution is -0.119. The average Bonchev–Trinajstić information content (AvgIpc) is 3.76. The van der Waals surface area contributed by atoms with Gasteiger partial charge in [-0.25, -0.2) is 19.2 Å². The van der Waals surface area contributed by atoms with E-state index in [4.69, 9.17) is 27.9 Å². The van der Waals surface area contributed by atoms with Crippen molar-refractivity contribution in [1.82, 2.24) is 39.5 Å². The number of H-pyrrole nitrogens is 2. The van der Waals surface area contributed by atoms with Crippen LogP contribution >= 0.6 is 23.2 Å². The number of hydrogen-bond donors (Lipinski definition) is 2. The van der Waals surface area contributed by atoms with Crippen LogP contribution in [-0.2, 0) is 31.5 Å². The van der Waals surface area contributed by atoms with Crippen molar-refractivity contribution < 1.29 is 13.9 Å². The molecule has 1 amide bonds. The molecular weight excluding hydrogens is 612 g/mol. The van der Waals surface area contributed by atoms with Crippen LogP contribution < -0.4 is 15.3 Å². The number of nitrogens with one attached hydrogen (secondary N) is 2. The van der Waals surface area contributed by atoms with Crippen LogP contribution in [-0.4, -0.2) is 45.4 Å². The van der Waals surface area contributed by atoms with E-state index < -0.39 is 17.4 Å². The number of aryl methyl sites for hydroxylation is 2. The molecule has 0 radical (unpaired) electrons. The number of hydrogen-bond acceptors (Lipinski definition) is 7. The lowest BCUT2D eigenvalue weighted by Crippen LogP contribution is -2.36. The second-order valence-electron chi connectivity index (χ2n) is 9.99. The molecule has 0 aliphatic heterocycles. The number of amides is 1. The van der Waals surface area contributed by atoms with Gasteiger partial charge in [-0.3, -0.25) is 24.1 Å². The minimum Gasteiger partial charge on any atom is -0.482 e. The zero-order valence-electron chi connectivity index (χ0n) is 23.4. The van der Waals surface area contributed by atoms with Crippen molar-refractivity contribution in [2.45, 2.75) is 26.6 Å². The number of imidazole rings is 1. The Bertz CT molecular complexity index is 2000. The van der Waals surface area contributed by atoms with Crippen LogP contribution in [0.15, 0.2) is 66.0 Å². The first-order valence-electron chi connectivity index (χ1n) is 13.3. The van der Waals surface area contributed by atoms with Crippen molar-refractivity contribution in [2.75, 3.05) is 4.90 Å². The van der Waals surface area contributed by atoms with E-state index in [9.17, 15) is 14.0 Å². The quantitative estimate of drug-likeness (QED) is 0.232. The predicted molar refractivity (Wildman–Crippen MR) is 162 cm³/mol. The van der Waals surface area contributed by atoms with E-state index in [-0.39, 0.29) is 35.5 Å². The zero-order valence-corrected chi connectivity index (χ0v) is 24.9. The molecule has 0 unspecified atom stereocenters. The molecule has 12 nitrogen and oxygen atoms in total. The first-order valence-corrected chi connectivity index (χ1v) is 14.0. The molecule has 0 bridgehead atoms.